The van der Waals surface area contributed by atoms with Gasteiger partial charge >= 0.3 is 5.97 Å². The molecule has 0 N–H and O–H groups in total. The van der Waals surface area contributed by atoms with Crippen LogP contribution in [-0.2, 0) is 14.3 Å². The Morgan fingerprint density at radius 2 is 2.16 bits per heavy atom. The highest BCUT2D eigenvalue weighted by Gasteiger charge is 2.31. The van der Waals surface area contributed by atoms with Gasteiger partial charge in [0.2, 0.25) is 0 Å². The van der Waals surface area contributed by atoms with E-state index in [9.17, 15) is 9.59 Å². The van der Waals surface area contributed by atoms with Crippen molar-refractivity contribution in [2.75, 3.05) is 19.8 Å². The zero-order chi connectivity index (χ0) is 18.4. The Labute approximate surface area is 164 Å². The third-order valence-electron chi connectivity index (χ3n) is 3.23. The molecule has 1 aromatic carbocycles. The van der Waals surface area contributed by atoms with E-state index in [4.69, 9.17) is 21.7 Å². The number of ether oxygens (including phenoxy) is 2. The molecule has 0 unspecified atom stereocenters. The Morgan fingerprint density at radius 1 is 1.40 bits per heavy atom. The third-order valence-corrected chi connectivity index (χ3v) is 5.10. The van der Waals surface area contributed by atoms with E-state index in [1.54, 1.807) is 30.0 Å². The van der Waals surface area contributed by atoms with Crippen LogP contribution in [0, 0.1) is 0 Å². The van der Waals surface area contributed by atoms with Gasteiger partial charge in [-0.15, -0.1) is 0 Å². The molecule has 134 valence electrons. The van der Waals surface area contributed by atoms with Gasteiger partial charge in [-0.25, -0.2) is 4.79 Å². The molecule has 0 saturated carbocycles. The van der Waals surface area contributed by atoms with Crippen LogP contribution < -0.4 is 4.74 Å². The van der Waals surface area contributed by atoms with E-state index in [1.165, 1.54) is 11.8 Å². The molecule has 1 saturated heterocycles. The summed E-state index contributed by atoms with van der Waals surface area (Å²) in [7, 11) is 0. The summed E-state index contributed by atoms with van der Waals surface area (Å²) in [5.41, 5.74) is 0.690. The first kappa shape index (κ1) is 19.9. The molecular formula is C17H18BrNO4S2. The minimum atomic E-state index is -0.439. The molecule has 1 aliphatic rings. The second kappa shape index (κ2) is 9.35. The van der Waals surface area contributed by atoms with Gasteiger partial charge in [-0.05, 0) is 37.6 Å². The molecule has 0 atom stereocenters. The lowest BCUT2D eigenvalue weighted by molar-refractivity contribution is -0.145. The van der Waals surface area contributed by atoms with E-state index in [-0.39, 0.29) is 12.5 Å². The first-order valence-electron chi connectivity index (χ1n) is 7.79. The molecule has 5 nitrogen and oxygen atoms in total. The summed E-state index contributed by atoms with van der Waals surface area (Å²) >= 11 is 9.95. The average Bonchev–Trinajstić information content (AvgIpc) is 2.82. The monoisotopic (exact) mass is 443 g/mol. The van der Waals surface area contributed by atoms with Crippen LogP contribution in [0.2, 0.25) is 0 Å². The van der Waals surface area contributed by atoms with Gasteiger partial charge in [0.15, 0.2) is 6.61 Å². The van der Waals surface area contributed by atoms with Crippen molar-refractivity contribution in [1.82, 2.24) is 4.90 Å². The first-order chi connectivity index (χ1) is 12.0. The molecule has 0 aliphatic carbocycles. The fourth-order valence-electron chi connectivity index (χ4n) is 2.16. The maximum Gasteiger partial charge on any atom is 0.344 e. The number of halogens is 1. The largest absolute Gasteiger partial charge is 0.481 e. The molecule has 0 spiro atoms. The maximum atomic E-state index is 12.5. The third kappa shape index (κ3) is 5.29. The molecule has 8 heteroatoms. The van der Waals surface area contributed by atoms with Crippen molar-refractivity contribution in [3.05, 3.63) is 33.1 Å². The second-order valence-electron chi connectivity index (χ2n) is 5.11. The predicted octanol–water partition coefficient (Wildman–Crippen LogP) is 4.00. The Bertz CT molecular complexity index is 721. The Kier molecular flexibility index (Phi) is 7.46. The van der Waals surface area contributed by atoms with E-state index in [0.717, 1.165) is 10.9 Å². The van der Waals surface area contributed by atoms with Crippen LogP contribution in [0.25, 0.3) is 6.08 Å². The smallest absolute Gasteiger partial charge is 0.344 e. The first-order valence-corrected chi connectivity index (χ1v) is 9.81. The lowest BCUT2D eigenvalue weighted by Gasteiger charge is -2.12. The highest BCUT2D eigenvalue weighted by Crippen LogP contribution is 2.35. The van der Waals surface area contributed by atoms with E-state index in [2.05, 4.69) is 15.9 Å². The van der Waals surface area contributed by atoms with Crippen molar-refractivity contribution < 1.29 is 19.1 Å². The summed E-state index contributed by atoms with van der Waals surface area (Å²) in [6.07, 6.45) is 2.57. The van der Waals surface area contributed by atoms with E-state index < -0.39 is 5.97 Å². The fraction of sp³-hybridized carbons (Fsp3) is 0.353. The Balaban J connectivity index is 2.23. The molecule has 25 heavy (non-hydrogen) atoms. The van der Waals surface area contributed by atoms with Crippen LogP contribution in [-0.4, -0.2) is 40.9 Å². The normalized spacial score (nSPS) is 15.8. The van der Waals surface area contributed by atoms with Crippen molar-refractivity contribution in [2.45, 2.75) is 20.3 Å². The summed E-state index contributed by atoms with van der Waals surface area (Å²) in [5, 5.41) is 0. The van der Waals surface area contributed by atoms with Crippen LogP contribution in [0.4, 0.5) is 0 Å². The number of hydrogen-bond acceptors (Lipinski definition) is 6. The topological polar surface area (TPSA) is 55.8 Å². The molecule has 0 radical (unpaired) electrons. The molecule has 0 bridgehead atoms. The number of benzene rings is 1. The maximum absolute atomic E-state index is 12.5. The van der Waals surface area contributed by atoms with Gasteiger partial charge in [0.05, 0.1) is 11.5 Å². The summed E-state index contributed by atoms with van der Waals surface area (Å²) in [5.74, 6) is -0.0455. The minimum absolute atomic E-state index is 0.104. The van der Waals surface area contributed by atoms with Crippen LogP contribution in [0.3, 0.4) is 0 Å². The zero-order valence-electron chi connectivity index (χ0n) is 13.9. The van der Waals surface area contributed by atoms with Crippen molar-refractivity contribution in [2.24, 2.45) is 0 Å². The van der Waals surface area contributed by atoms with Gasteiger partial charge in [0.1, 0.15) is 10.1 Å². The van der Waals surface area contributed by atoms with Crippen molar-refractivity contribution >= 4 is 62.2 Å². The van der Waals surface area contributed by atoms with E-state index >= 15 is 0 Å². The molecule has 1 heterocycles. The Hall–Kier alpha value is -1.38. The summed E-state index contributed by atoms with van der Waals surface area (Å²) < 4.78 is 11.8. The number of thiocarbonyl (C=S) groups is 1. The molecular weight excluding hydrogens is 426 g/mol. The number of amides is 1. The van der Waals surface area contributed by atoms with Crippen LogP contribution in [0.15, 0.2) is 27.6 Å². The van der Waals surface area contributed by atoms with Crippen LogP contribution in [0.1, 0.15) is 25.8 Å². The standard InChI is InChI=1S/C17H18BrNO4S2/c1-3-7-19-16(21)14(25-17(19)24)9-11-8-12(18)5-6-13(11)23-10-15(20)22-4-2/h5-6,8-9H,3-4,7,10H2,1-2H3/b14-9-. The molecule has 1 aromatic rings. The SMILES string of the molecule is CCCN1C(=O)/C(=C/c2cc(Br)ccc2OCC(=O)OCC)SC1=S. The molecule has 0 aromatic heterocycles. The highest BCUT2D eigenvalue weighted by molar-refractivity contribution is 9.10. The highest BCUT2D eigenvalue weighted by atomic mass is 79.9. The number of esters is 1. The average molecular weight is 444 g/mol. The number of nitrogens with zero attached hydrogens (tertiary/aromatic N) is 1. The molecule has 1 aliphatic heterocycles. The van der Waals surface area contributed by atoms with Crippen molar-refractivity contribution in [3.8, 4) is 5.75 Å². The molecule has 2 rings (SSSR count). The summed E-state index contributed by atoms with van der Waals surface area (Å²) in [4.78, 5) is 26.1. The number of rotatable bonds is 7. The van der Waals surface area contributed by atoms with Gasteiger partial charge < -0.3 is 9.47 Å². The van der Waals surface area contributed by atoms with E-state index in [0.29, 0.717) is 33.7 Å². The van der Waals surface area contributed by atoms with Crippen LogP contribution >= 0.6 is 39.9 Å². The van der Waals surface area contributed by atoms with Gasteiger partial charge in [0.25, 0.3) is 5.91 Å². The quantitative estimate of drug-likeness (QED) is 0.360. The number of carbonyl (C=O) groups excluding carboxylic acids is 2. The summed E-state index contributed by atoms with van der Waals surface area (Å²) in [6.45, 7) is 4.45. The van der Waals surface area contributed by atoms with E-state index in [1.807, 2.05) is 13.0 Å². The number of hydrogen-bond donors (Lipinski definition) is 0. The number of thioether (sulfide) groups is 1. The Morgan fingerprint density at radius 3 is 2.84 bits per heavy atom. The van der Waals surface area contributed by atoms with Crippen molar-refractivity contribution in [1.29, 1.82) is 0 Å². The zero-order valence-corrected chi connectivity index (χ0v) is 17.1. The second-order valence-corrected chi connectivity index (χ2v) is 7.70. The van der Waals surface area contributed by atoms with Crippen LogP contribution in [0.5, 0.6) is 5.75 Å². The van der Waals surface area contributed by atoms with Gasteiger partial charge in [-0.2, -0.15) is 0 Å². The lowest BCUT2D eigenvalue weighted by Crippen LogP contribution is -2.28. The van der Waals surface area contributed by atoms with Crippen molar-refractivity contribution in [3.63, 3.8) is 0 Å². The summed E-state index contributed by atoms with van der Waals surface area (Å²) in [6, 6.07) is 5.37. The fourth-order valence-corrected chi connectivity index (χ4v) is 3.84. The van der Waals surface area contributed by atoms with Gasteiger partial charge in [-0.3, -0.25) is 9.69 Å². The number of carbonyl (C=O) groups is 2. The molecule has 1 fully saturated rings. The molecule has 1 amide bonds. The minimum Gasteiger partial charge on any atom is -0.481 e. The predicted molar refractivity (Wildman–Crippen MR) is 106 cm³/mol. The lowest BCUT2D eigenvalue weighted by atomic mass is 10.2. The van der Waals surface area contributed by atoms with Gasteiger partial charge in [-0.1, -0.05) is 46.8 Å². The van der Waals surface area contributed by atoms with Gasteiger partial charge in [0, 0.05) is 16.6 Å².